The molecule has 0 saturated carbocycles. The minimum Gasteiger partial charge on any atom is -0.489 e. The van der Waals surface area contributed by atoms with Gasteiger partial charge in [0, 0.05) is 12.6 Å². The van der Waals surface area contributed by atoms with Crippen molar-refractivity contribution < 1.29 is 22.6 Å². The Bertz CT molecular complexity index is 805. The highest BCUT2D eigenvalue weighted by molar-refractivity contribution is 5.95. The molecule has 0 fully saturated rings. The molecule has 3 rings (SSSR count). The summed E-state index contributed by atoms with van der Waals surface area (Å²) in [6, 6.07) is 4.51. The second kappa shape index (κ2) is 6.85. The van der Waals surface area contributed by atoms with E-state index in [2.05, 4.69) is 9.88 Å². The van der Waals surface area contributed by atoms with Crippen LogP contribution in [-0.2, 0) is 6.18 Å². The molecule has 2 aromatic rings. The summed E-state index contributed by atoms with van der Waals surface area (Å²) in [5, 5.41) is -0.000825. The van der Waals surface area contributed by atoms with Crippen molar-refractivity contribution in [2.24, 2.45) is 0 Å². The molecule has 0 saturated heterocycles. The van der Waals surface area contributed by atoms with Gasteiger partial charge in [0.2, 0.25) is 5.88 Å². The smallest absolute Gasteiger partial charge is 0.417 e. The normalized spacial score (nSPS) is 17.4. The topological polar surface area (TPSA) is 34.6 Å². The van der Waals surface area contributed by atoms with Gasteiger partial charge in [0.25, 0.3) is 0 Å². The summed E-state index contributed by atoms with van der Waals surface area (Å²) >= 11 is 0. The number of pyridine rings is 1. The number of anilines is 1. The highest BCUT2D eigenvalue weighted by Crippen LogP contribution is 2.46. The average Bonchev–Trinajstić information content (AvgIpc) is 2.58. The zero-order valence-electron chi connectivity index (χ0n) is 15.4. The third-order valence-corrected chi connectivity index (χ3v) is 4.53. The maximum Gasteiger partial charge on any atom is 0.417 e. The van der Waals surface area contributed by atoms with Crippen LogP contribution in [0.3, 0.4) is 0 Å². The minimum atomic E-state index is -4.53. The summed E-state index contributed by atoms with van der Waals surface area (Å²) in [7, 11) is 0. The van der Waals surface area contributed by atoms with Crippen LogP contribution in [0.4, 0.5) is 18.9 Å². The van der Waals surface area contributed by atoms with Crippen LogP contribution in [0.5, 0.6) is 11.6 Å². The molecular formula is C19H23F3N2O2. The molecule has 0 radical (unpaired) electrons. The number of hydrogen-bond acceptors (Lipinski definition) is 4. The van der Waals surface area contributed by atoms with E-state index in [1.54, 1.807) is 26.0 Å². The van der Waals surface area contributed by atoms with E-state index in [1.807, 2.05) is 13.8 Å². The van der Waals surface area contributed by atoms with Crippen molar-refractivity contribution in [2.45, 2.75) is 52.4 Å². The molecule has 142 valence electrons. The quantitative estimate of drug-likeness (QED) is 0.757. The maximum absolute atomic E-state index is 13.8. The monoisotopic (exact) mass is 368 g/mol. The standard InChI is InChI=1S/C19H23F3N2O2/c1-5-12-10-25-18-15(24(12)6-2)8-7-14-17(18)13(19(20,21)22)9-16(23-14)26-11(3)4/h7-9,11-12H,5-6,10H2,1-4H3/t12-/m1/s1. The number of hydrogen-bond donors (Lipinski definition) is 0. The molecule has 1 aliphatic heterocycles. The van der Waals surface area contributed by atoms with Gasteiger partial charge in [-0.2, -0.15) is 13.2 Å². The number of halogens is 3. The zero-order chi connectivity index (χ0) is 19.1. The third kappa shape index (κ3) is 3.27. The molecule has 1 aromatic heterocycles. The first-order valence-electron chi connectivity index (χ1n) is 8.87. The van der Waals surface area contributed by atoms with Gasteiger partial charge in [-0.1, -0.05) is 6.92 Å². The molecule has 0 unspecified atom stereocenters. The van der Waals surface area contributed by atoms with Crippen molar-refractivity contribution in [2.75, 3.05) is 18.1 Å². The summed E-state index contributed by atoms with van der Waals surface area (Å²) in [6.45, 7) is 8.59. The SMILES string of the molecule is CC[C@@H]1COc2c(ccc3nc(OC(C)C)cc(C(F)(F)F)c23)N1CC. The Morgan fingerprint density at radius 3 is 2.62 bits per heavy atom. The molecule has 1 atom stereocenters. The van der Waals surface area contributed by atoms with Crippen LogP contribution in [0, 0.1) is 0 Å². The first-order chi connectivity index (χ1) is 12.3. The Hall–Kier alpha value is -2.18. The molecular weight excluding hydrogens is 345 g/mol. The molecule has 0 spiro atoms. The van der Waals surface area contributed by atoms with E-state index in [9.17, 15) is 13.2 Å². The lowest BCUT2D eigenvalue weighted by molar-refractivity contribution is -0.136. The first kappa shape index (κ1) is 18.6. The fourth-order valence-electron chi connectivity index (χ4n) is 3.39. The highest BCUT2D eigenvalue weighted by Gasteiger charge is 2.37. The minimum absolute atomic E-state index is 0.000825. The van der Waals surface area contributed by atoms with Crippen LogP contribution < -0.4 is 14.4 Å². The number of rotatable bonds is 4. The molecule has 4 nitrogen and oxygen atoms in total. The summed E-state index contributed by atoms with van der Waals surface area (Å²) < 4.78 is 52.5. The first-order valence-corrected chi connectivity index (χ1v) is 8.87. The van der Waals surface area contributed by atoms with Gasteiger partial charge in [-0.25, -0.2) is 4.98 Å². The van der Waals surface area contributed by atoms with Gasteiger partial charge < -0.3 is 14.4 Å². The number of ether oxygens (including phenoxy) is 2. The van der Waals surface area contributed by atoms with Gasteiger partial charge in [0.15, 0.2) is 5.75 Å². The lowest BCUT2D eigenvalue weighted by atomic mass is 10.0. The summed E-state index contributed by atoms with van der Waals surface area (Å²) in [6.07, 6.45) is -3.94. The molecule has 0 aliphatic carbocycles. The molecule has 7 heteroatoms. The van der Waals surface area contributed by atoms with Gasteiger partial charge in [0.1, 0.15) is 6.61 Å². The fraction of sp³-hybridized carbons (Fsp3) is 0.526. The molecule has 0 N–H and O–H groups in total. The molecule has 2 heterocycles. The maximum atomic E-state index is 13.8. The number of aromatic nitrogens is 1. The summed E-state index contributed by atoms with van der Waals surface area (Å²) in [5.41, 5.74) is 0.129. The van der Waals surface area contributed by atoms with E-state index < -0.39 is 11.7 Å². The van der Waals surface area contributed by atoms with Crippen molar-refractivity contribution in [3.05, 3.63) is 23.8 Å². The average molecular weight is 368 g/mol. The molecule has 0 bridgehead atoms. The van der Waals surface area contributed by atoms with E-state index in [1.165, 1.54) is 0 Å². The third-order valence-electron chi connectivity index (χ3n) is 4.53. The van der Waals surface area contributed by atoms with Crippen molar-refractivity contribution in [3.63, 3.8) is 0 Å². The second-order valence-electron chi connectivity index (χ2n) is 6.64. The van der Waals surface area contributed by atoms with Gasteiger partial charge in [-0.15, -0.1) is 0 Å². The summed E-state index contributed by atoms with van der Waals surface area (Å²) in [5.74, 6) is 0.222. The Morgan fingerprint density at radius 2 is 2.04 bits per heavy atom. The Kier molecular flexibility index (Phi) is 4.90. The Balaban J connectivity index is 2.26. The van der Waals surface area contributed by atoms with Crippen LogP contribution in [-0.4, -0.2) is 30.3 Å². The van der Waals surface area contributed by atoms with Crippen molar-refractivity contribution in [3.8, 4) is 11.6 Å². The van der Waals surface area contributed by atoms with Crippen LogP contribution in [0.15, 0.2) is 18.2 Å². The Morgan fingerprint density at radius 1 is 1.31 bits per heavy atom. The lowest BCUT2D eigenvalue weighted by Crippen LogP contribution is -2.42. The van der Waals surface area contributed by atoms with Crippen LogP contribution >= 0.6 is 0 Å². The molecule has 1 aliphatic rings. The summed E-state index contributed by atoms with van der Waals surface area (Å²) in [4.78, 5) is 6.36. The number of likely N-dealkylation sites (N-methyl/N-ethyl adjacent to an activating group) is 1. The van der Waals surface area contributed by atoms with Gasteiger partial charge in [-0.3, -0.25) is 0 Å². The Labute approximate surface area is 150 Å². The zero-order valence-corrected chi connectivity index (χ0v) is 15.4. The van der Waals surface area contributed by atoms with E-state index in [0.717, 1.165) is 12.5 Å². The fourth-order valence-corrected chi connectivity index (χ4v) is 3.39. The van der Waals surface area contributed by atoms with Gasteiger partial charge in [0.05, 0.1) is 34.3 Å². The highest BCUT2D eigenvalue weighted by atomic mass is 19.4. The van der Waals surface area contributed by atoms with Crippen LogP contribution in [0.1, 0.15) is 39.7 Å². The molecule has 0 amide bonds. The lowest BCUT2D eigenvalue weighted by Gasteiger charge is -2.38. The predicted octanol–water partition coefficient (Wildman–Crippen LogP) is 5.04. The van der Waals surface area contributed by atoms with E-state index in [4.69, 9.17) is 9.47 Å². The molecule has 1 aromatic carbocycles. The van der Waals surface area contributed by atoms with Gasteiger partial charge in [-0.05, 0) is 39.3 Å². The predicted molar refractivity (Wildman–Crippen MR) is 95.1 cm³/mol. The number of benzene rings is 1. The largest absolute Gasteiger partial charge is 0.489 e. The van der Waals surface area contributed by atoms with Crippen molar-refractivity contribution in [1.29, 1.82) is 0 Å². The van der Waals surface area contributed by atoms with Crippen LogP contribution in [0.2, 0.25) is 0 Å². The van der Waals surface area contributed by atoms with Gasteiger partial charge >= 0.3 is 6.18 Å². The van der Waals surface area contributed by atoms with Crippen molar-refractivity contribution >= 4 is 16.6 Å². The van der Waals surface area contributed by atoms with Crippen LogP contribution in [0.25, 0.3) is 10.9 Å². The number of fused-ring (bicyclic) bond motifs is 3. The van der Waals surface area contributed by atoms with Crippen molar-refractivity contribution in [1.82, 2.24) is 4.98 Å². The van der Waals surface area contributed by atoms with E-state index >= 15 is 0 Å². The second-order valence-corrected chi connectivity index (χ2v) is 6.64. The number of nitrogens with zero attached hydrogens (tertiary/aromatic N) is 2. The van der Waals surface area contributed by atoms with E-state index in [0.29, 0.717) is 18.8 Å². The van der Waals surface area contributed by atoms with E-state index in [-0.39, 0.29) is 34.7 Å². The number of alkyl halides is 3. The molecule has 26 heavy (non-hydrogen) atoms.